The molecule has 7 heteroatoms. The van der Waals surface area contributed by atoms with Gasteiger partial charge in [-0.05, 0) is 19.8 Å². The van der Waals surface area contributed by atoms with E-state index in [1.165, 1.54) is 0 Å². The molecule has 0 radical (unpaired) electrons. The summed E-state index contributed by atoms with van der Waals surface area (Å²) in [5.74, 6) is 2.29. The zero-order valence-corrected chi connectivity index (χ0v) is 16.4. The molecule has 0 fully saturated rings. The fourth-order valence-electron chi connectivity index (χ4n) is 2.00. The highest BCUT2D eigenvalue weighted by Gasteiger charge is 2.18. The minimum atomic E-state index is -0.0387. The average molecular weight is 354 g/mol. The normalized spacial score (nSPS) is 12.4. The molecule has 0 aliphatic heterocycles. The fraction of sp³-hybridized carbons (Fsp3) is 0.778. The predicted molar refractivity (Wildman–Crippen MR) is 100.0 cm³/mol. The number of hydrogen-bond acceptors (Lipinski definition) is 5. The second-order valence-electron chi connectivity index (χ2n) is 6.80. The van der Waals surface area contributed by atoms with Gasteiger partial charge in [0.15, 0.2) is 5.96 Å². The topological polar surface area (TPSA) is 80.9 Å². The third kappa shape index (κ3) is 9.45. The molecule has 0 bridgehead atoms. The van der Waals surface area contributed by atoms with Crippen LogP contribution in [0, 0.1) is 0 Å². The van der Waals surface area contributed by atoms with Crippen LogP contribution < -0.4 is 10.6 Å². The van der Waals surface area contributed by atoms with Crippen LogP contribution in [0.15, 0.2) is 15.6 Å². The van der Waals surface area contributed by atoms with Crippen molar-refractivity contribution < 1.29 is 13.9 Å². The Morgan fingerprint density at radius 3 is 2.64 bits per heavy atom. The van der Waals surface area contributed by atoms with Crippen LogP contribution in [0.2, 0.25) is 0 Å². The number of unbranched alkanes of at least 4 members (excludes halogenated alkanes) is 1. The minimum absolute atomic E-state index is 0.0387. The second-order valence-corrected chi connectivity index (χ2v) is 6.80. The van der Waals surface area contributed by atoms with Crippen molar-refractivity contribution in [3.63, 3.8) is 0 Å². The van der Waals surface area contributed by atoms with E-state index in [0.717, 1.165) is 44.3 Å². The number of aromatic nitrogens is 1. The quantitative estimate of drug-likeness (QED) is 0.361. The number of ether oxygens (including phenoxy) is 2. The number of aliphatic imine (C=N–C) groups is 1. The van der Waals surface area contributed by atoms with Crippen molar-refractivity contribution in [3.05, 3.63) is 17.8 Å². The van der Waals surface area contributed by atoms with Crippen molar-refractivity contribution in [2.75, 3.05) is 40.0 Å². The Labute approximate surface area is 151 Å². The van der Waals surface area contributed by atoms with Crippen LogP contribution in [0.5, 0.6) is 0 Å². The summed E-state index contributed by atoms with van der Waals surface area (Å²) in [6, 6.07) is 0. The molecule has 1 aromatic rings. The third-order valence-corrected chi connectivity index (χ3v) is 3.45. The van der Waals surface area contributed by atoms with E-state index in [2.05, 4.69) is 41.4 Å². The van der Waals surface area contributed by atoms with Crippen molar-refractivity contribution in [3.8, 4) is 0 Å². The molecule has 0 amide bonds. The molecule has 0 aliphatic carbocycles. The van der Waals surface area contributed by atoms with Gasteiger partial charge in [0, 0.05) is 32.2 Å². The van der Waals surface area contributed by atoms with E-state index in [-0.39, 0.29) is 5.41 Å². The number of oxazole rings is 1. The van der Waals surface area contributed by atoms with E-state index in [9.17, 15) is 0 Å². The fourth-order valence-corrected chi connectivity index (χ4v) is 2.00. The summed E-state index contributed by atoms with van der Waals surface area (Å²) in [5, 5.41) is 6.55. The SMILES string of the molecule is CCNC(=NCc1ncc(C(C)(C)C)o1)NCCCCOCCOC. The Morgan fingerprint density at radius 2 is 2.00 bits per heavy atom. The Morgan fingerprint density at radius 1 is 1.20 bits per heavy atom. The molecule has 0 spiro atoms. The minimum Gasteiger partial charge on any atom is -0.443 e. The van der Waals surface area contributed by atoms with Crippen molar-refractivity contribution in [2.24, 2.45) is 4.99 Å². The first-order valence-electron chi connectivity index (χ1n) is 9.01. The lowest BCUT2D eigenvalue weighted by molar-refractivity contribution is 0.0689. The Bertz CT molecular complexity index is 495. The van der Waals surface area contributed by atoms with Gasteiger partial charge >= 0.3 is 0 Å². The van der Waals surface area contributed by atoms with Gasteiger partial charge in [-0.2, -0.15) is 0 Å². The standard InChI is InChI=1S/C18H34N4O3/c1-6-19-17(20-9-7-8-10-24-12-11-23-5)22-14-16-21-13-15(25-16)18(2,3)4/h13H,6-12,14H2,1-5H3,(H2,19,20,22). The van der Waals surface area contributed by atoms with Gasteiger partial charge in [-0.15, -0.1) is 0 Å². The lowest BCUT2D eigenvalue weighted by atomic mass is 9.94. The van der Waals surface area contributed by atoms with Crippen LogP contribution in [0.4, 0.5) is 0 Å². The molecule has 1 heterocycles. The molecule has 0 saturated heterocycles. The predicted octanol–water partition coefficient (Wildman–Crippen LogP) is 2.47. The van der Waals surface area contributed by atoms with Crippen LogP contribution in [0.3, 0.4) is 0 Å². The van der Waals surface area contributed by atoms with Crippen LogP contribution in [-0.2, 0) is 21.4 Å². The first-order valence-corrected chi connectivity index (χ1v) is 9.01. The lowest BCUT2D eigenvalue weighted by Gasteiger charge is -2.13. The van der Waals surface area contributed by atoms with Gasteiger partial charge in [-0.25, -0.2) is 9.98 Å². The number of nitrogens with one attached hydrogen (secondary N) is 2. The first-order chi connectivity index (χ1) is 12.0. The summed E-state index contributed by atoms with van der Waals surface area (Å²) in [4.78, 5) is 8.83. The molecule has 25 heavy (non-hydrogen) atoms. The summed E-state index contributed by atoms with van der Waals surface area (Å²) in [6.07, 6.45) is 3.81. The van der Waals surface area contributed by atoms with Crippen molar-refractivity contribution in [1.82, 2.24) is 15.6 Å². The van der Waals surface area contributed by atoms with E-state index in [1.807, 2.05) is 6.92 Å². The van der Waals surface area contributed by atoms with E-state index >= 15 is 0 Å². The van der Waals surface area contributed by atoms with Crippen LogP contribution in [0.1, 0.15) is 52.2 Å². The molecule has 0 atom stereocenters. The van der Waals surface area contributed by atoms with E-state index in [0.29, 0.717) is 25.6 Å². The van der Waals surface area contributed by atoms with Crippen LogP contribution in [0.25, 0.3) is 0 Å². The van der Waals surface area contributed by atoms with E-state index in [1.54, 1.807) is 13.3 Å². The monoisotopic (exact) mass is 354 g/mol. The van der Waals surface area contributed by atoms with Gasteiger partial charge < -0.3 is 24.5 Å². The van der Waals surface area contributed by atoms with Gasteiger partial charge in [-0.1, -0.05) is 20.8 Å². The molecule has 0 saturated carbocycles. The van der Waals surface area contributed by atoms with Crippen molar-refractivity contribution in [1.29, 1.82) is 0 Å². The summed E-state index contributed by atoms with van der Waals surface area (Å²) in [5.41, 5.74) is -0.0387. The maximum atomic E-state index is 5.77. The molecule has 0 aliphatic rings. The lowest BCUT2D eigenvalue weighted by Crippen LogP contribution is -2.37. The zero-order valence-electron chi connectivity index (χ0n) is 16.4. The highest BCUT2D eigenvalue weighted by atomic mass is 16.5. The van der Waals surface area contributed by atoms with Crippen LogP contribution in [-0.4, -0.2) is 51.0 Å². The zero-order chi connectivity index (χ0) is 18.5. The van der Waals surface area contributed by atoms with Gasteiger partial charge in [0.2, 0.25) is 5.89 Å². The number of nitrogens with zero attached hydrogens (tertiary/aromatic N) is 2. The maximum Gasteiger partial charge on any atom is 0.216 e. The number of hydrogen-bond donors (Lipinski definition) is 2. The van der Waals surface area contributed by atoms with Gasteiger partial charge in [0.25, 0.3) is 0 Å². The summed E-state index contributed by atoms with van der Waals surface area (Å²) in [7, 11) is 1.68. The summed E-state index contributed by atoms with van der Waals surface area (Å²) >= 11 is 0. The molecule has 7 nitrogen and oxygen atoms in total. The molecule has 144 valence electrons. The third-order valence-electron chi connectivity index (χ3n) is 3.45. The van der Waals surface area contributed by atoms with Crippen LogP contribution >= 0.6 is 0 Å². The van der Waals surface area contributed by atoms with E-state index < -0.39 is 0 Å². The maximum absolute atomic E-state index is 5.77. The highest BCUT2D eigenvalue weighted by Crippen LogP contribution is 2.22. The Kier molecular flexibility index (Phi) is 10.2. The molecular formula is C18H34N4O3. The summed E-state index contributed by atoms with van der Waals surface area (Å²) < 4.78 is 16.1. The largest absolute Gasteiger partial charge is 0.443 e. The Balaban J connectivity index is 2.32. The van der Waals surface area contributed by atoms with Crippen molar-refractivity contribution in [2.45, 2.75) is 52.5 Å². The first kappa shape index (κ1) is 21.4. The molecule has 1 aromatic heterocycles. The highest BCUT2D eigenvalue weighted by molar-refractivity contribution is 5.79. The van der Waals surface area contributed by atoms with Gasteiger partial charge in [0.05, 0.1) is 19.4 Å². The Hall–Kier alpha value is -1.60. The molecule has 0 unspecified atom stereocenters. The van der Waals surface area contributed by atoms with Gasteiger partial charge in [-0.3, -0.25) is 0 Å². The summed E-state index contributed by atoms with van der Waals surface area (Å²) in [6.45, 7) is 12.5. The number of methoxy groups -OCH3 is 1. The smallest absolute Gasteiger partial charge is 0.216 e. The number of rotatable bonds is 11. The molecular weight excluding hydrogens is 320 g/mol. The molecule has 0 aromatic carbocycles. The molecule has 1 rings (SSSR count). The number of guanidine groups is 1. The second kappa shape index (κ2) is 11.9. The van der Waals surface area contributed by atoms with Crippen molar-refractivity contribution >= 4 is 5.96 Å². The average Bonchev–Trinajstić information content (AvgIpc) is 3.04. The van der Waals surface area contributed by atoms with Gasteiger partial charge in [0.1, 0.15) is 12.3 Å². The van der Waals surface area contributed by atoms with E-state index in [4.69, 9.17) is 13.9 Å². The molecule has 2 N–H and O–H groups in total.